The highest BCUT2D eigenvalue weighted by molar-refractivity contribution is 5.77. The molecule has 3 N–H and O–H groups in total. The highest BCUT2D eigenvalue weighted by Crippen LogP contribution is 2.05. The topological polar surface area (TPSA) is 58.4 Å². The Morgan fingerprint density at radius 2 is 2.29 bits per heavy atom. The van der Waals surface area contributed by atoms with Crippen LogP contribution in [0.15, 0.2) is 24.3 Å². The van der Waals surface area contributed by atoms with E-state index in [2.05, 4.69) is 5.32 Å². The molecule has 0 fully saturated rings. The summed E-state index contributed by atoms with van der Waals surface area (Å²) in [5.41, 5.74) is 6.12. The first-order chi connectivity index (χ1) is 8.11. The Kier molecular flexibility index (Phi) is 5.59. The number of benzene rings is 1. The molecular weight excluding hydrogens is 221 g/mol. The van der Waals surface area contributed by atoms with Crippen LogP contribution in [-0.4, -0.2) is 37.5 Å². The fourth-order valence-corrected chi connectivity index (χ4v) is 1.52. The van der Waals surface area contributed by atoms with Gasteiger partial charge in [-0.1, -0.05) is 12.1 Å². The summed E-state index contributed by atoms with van der Waals surface area (Å²) in [4.78, 5) is 13.2. The van der Waals surface area contributed by atoms with Crippen LogP contribution >= 0.6 is 0 Å². The lowest BCUT2D eigenvalue weighted by Gasteiger charge is -2.16. The largest absolute Gasteiger partial charge is 0.354 e. The number of likely N-dealkylation sites (N-methyl/N-ethyl adjacent to an activating group) is 1. The van der Waals surface area contributed by atoms with Crippen molar-refractivity contribution in [3.8, 4) is 0 Å². The van der Waals surface area contributed by atoms with E-state index in [4.69, 9.17) is 5.73 Å². The molecule has 17 heavy (non-hydrogen) atoms. The molecule has 0 saturated heterocycles. The van der Waals surface area contributed by atoms with Gasteiger partial charge in [0.05, 0.1) is 6.54 Å². The third-order valence-corrected chi connectivity index (χ3v) is 2.22. The summed E-state index contributed by atoms with van der Waals surface area (Å²) in [7, 11) is 1.81. The SMILES string of the molecule is CN(CC(=O)NCCN)Cc1cccc(F)c1. The zero-order valence-corrected chi connectivity index (χ0v) is 9.95. The highest BCUT2D eigenvalue weighted by Gasteiger charge is 2.06. The number of carbonyl (C=O) groups excluding carboxylic acids is 1. The maximum atomic E-state index is 12.9. The van der Waals surface area contributed by atoms with E-state index in [-0.39, 0.29) is 18.3 Å². The molecule has 4 nitrogen and oxygen atoms in total. The molecule has 1 rings (SSSR count). The van der Waals surface area contributed by atoms with E-state index in [0.717, 1.165) is 5.56 Å². The summed E-state index contributed by atoms with van der Waals surface area (Å²) in [5, 5.41) is 2.68. The minimum atomic E-state index is -0.261. The lowest BCUT2D eigenvalue weighted by molar-refractivity contribution is -0.122. The maximum Gasteiger partial charge on any atom is 0.234 e. The zero-order chi connectivity index (χ0) is 12.7. The summed E-state index contributed by atoms with van der Waals surface area (Å²) < 4.78 is 12.9. The molecule has 0 heterocycles. The number of hydrogen-bond donors (Lipinski definition) is 2. The van der Waals surface area contributed by atoms with Crippen molar-refractivity contribution in [2.24, 2.45) is 5.73 Å². The van der Waals surface area contributed by atoms with E-state index in [1.807, 2.05) is 18.0 Å². The van der Waals surface area contributed by atoms with Crippen molar-refractivity contribution in [1.29, 1.82) is 0 Å². The Labute approximate surface area is 101 Å². The summed E-state index contributed by atoms with van der Waals surface area (Å²) in [5.74, 6) is -0.335. The third-order valence-electron chi connectivity index (χ3n) is 2.22. The lowest BCUT2D eigenvalue weighted by atomic mass is 10.2. The van der Waals surface area contributed by atoms with Crippen LogP contribution in [0.1, 0.15) is 5.56 Å². The molecule has 0 radical (unpaired) electrons. The molecule has 0 aliphatic heterocycles. The van der Waals surface area contributed by atoms with Crippen molar-refractivity contribution in [2.75, 3.05) is 26.7 Å². The molecule has 0 aliphatic rings. The number of carbonyl (C=O) groups is 1. The Balaban J connectivity index is 2.39. The molecule has 0 unspecified atom stereocenters. The Morgan fingerprint density at radius 3 is 2.94 bits per heavy atom. The molecule has 0 aliphatic carbocycles. The van der Waals surface area contributed by atoms with Gasteiger partial charge in [0.1, 0.15) is 5.82 Å². The molecule has 0 spiro atoms. The van der Waals surface area contributed by atoms with Gasteiger partial charge in [-0.15, -0.1) is 0 Å². The molecule has 94 valence electrons. The van der Waals surface area contributed by atoms with Gasteiger partial charge < -0.3 is 11.1 Å². The lowest BCUT2D eigenvalue weighted by Crippen LogP contribution is -2.37. The summed E-state index contributed by atoms with van der Waals surface area (Å²) in [6.45, 7) is 1.72. The third kappa shape index (κ3) is 5.42. The van der Waals surface area contributed by atoms with Crippen molar-refractivity contribution < 1.29 is 9.18 Å². The maximum absolute atomic E-state index is 12.9. The number of hydrogen-bond acceptors (Lipinski definition) is 3. The van der Waals surface area contributed by atoms with Crippen LogP contribution < -0.4 is 11.1 Å². The molecule has 0 saturated carbocycles. The van der Waals surface area contributed by atoms with Crippen LogP contribution in [0.25, 0.3) is 0 Å². The van der Waals surface area contributed by atoms with Gasteiger partial charge in [-0.25, -0.2) is 4.39 Å². The number of nitrogens with one attached hydrogen (secondary N) is 1. The average molecular weight is 239 g/mol. The van der Waals surface area contributed by atoms with E-state index in [9.17, 15) is 9.18 Å². The first-order valence-corrected chi connectivity index (χ1v) is 5.51. The Bertz CT molecular complexity index is 371. The quantitative estimate of drug-likeness (QED) is 0.752. The number of nitrogens with two attached hydrogens (primary N) is 1. The predicted molar refractivity (Wildman–Crippen MR) is 64.8 cm³/mol. The molecule has 1 aromatic carbocycles. The molecule has 5 heteroatoms. The fraction of sp³-hybridized carbons (Fsp3) is 0.417. The second-order valence-electron chi connectivity index (χ2n) is 3.94. The van der Waals surface area contributed by atoms with E-state index in [1.165, 1.54) is 12.1 Å². The van der Waals surface area contributed by atoms with Gasteiger partial charge in [-0.2, -0.15) is 0 Å². The fourth-order valence-electron chi connectivity index (χ4n) is 1.52. The standard InChI is InChI=1S/C12H18FN3O/c1-16(9-12(17)15-6-5-14)8-10-3-2-4-11(13)7-10/h2-4,7H,5-6,8-9,14H2,1H3,(H,15,17). The molecule has 0 atom stereocenters. The van der Waals surface area contributed by atoms with Gasteiger partial charge in [0.25, 0.3) is 0 Å². The molecule has 0 aromatic heterocycles. The van der Waals surface area contributed by atoms with Crippen molar-refractivity contribution in [3.05, 3.63) is 35.6 Å². The van der Waals surface area contributed by atoms with E-state index >= 15 is 0 Å². The van der Waals surface area contributed by atoms with Gasteiger partial charge in [-0.3, -0.25) is 9.69 Å². The molecular formula is C12H18FN3O. The normalized spacial score (nSPS) is 10.6. The van der Waals surface area contributed by atoms with Crippen LogP contribution in [0.2, 0.25) is 0 Å². The number of halogens is 1. The van der Waals surface area contributed by atoms with Crippen molar-refractivity contribution in [3.63, 3.8) is 0 Å². The number of amides is 1. The van der Waals surface area contributed by atoms with Crippen LogP contribution in [0, 0.1) is 5.82 Å². The van der Waals surface area contributed by atoms with Gasteiger partial charge in [0.15, 0.2) is 0 Å². The second-order valence-corrected chi connectivity index (χ2v) is 3.94. The van der Waals surface area contributed by atoms with Gasteiger partial charge in [0.2, 0.25) is 5.91 Å². The Morgan fingerprint density at radius 1 is 1.53 bits per heavy atom. The summed E-state index contributed by atoms with van der Waals surface area (Å²) in [6.07, 6.45) is 0. The highest BCUT2D eigenvalue weighted by atomic mass is 19.1. The molecule has 1 amide bonds. The minimum Gasteiger partial charge on any atom is -0.354 e. The smallest absolute Gasteiger partial charge is 0.234 e. The summed E-state index contributed by atoms with van der Waals surface area (Å²) >= 11 is 0. The van der Waals surface area contributed by atoms with Gasteiger partial charge in [0, 0.05) is 19.6 Å². The van der Waals surface area contributed by atoms with Crippen LogP contribution in [0.3, 0.4) is 0 Å². The van der Waals surface area contributed by atoms with Crippen LogP contribution in [0.5, 0.6) is 0 Å². The monoisotopic (exact) mass is 239 g/mol. The van der Waals surface area contributed by atoms with Crippen molar-refractivity contribution >= 4 is 5.91 Å². The van der Waals surface area contributed by atoms with Gasteiger partial charge in [-0.05, 0) is 24.7 Å². The van der Waals surface area contributed by atoms with Crippen molar-refractivity contribution in [2.45, 2.75) is 6.54 Å². The van der Waals surface area contributed by atoms with Crippen LogP contribution in [-0.2, 0) is 11.3 Å². The number of nitrogens with zero attached hydrogens (tertiary/aromatic N) is 1. The predicted octanol–water partition coefficient (Wildman–Crippen LogP) is 0.332. The minimum absolute atomic E-state index is 0.0747. The first kappa shape index (κ1) is 13.6. The Hall–Kier alpha value is -1.46. The molecule has 1 aromatic rings. The van der Waals surface area contributed by atoms with E-state index in [0.29, 0.717) is 19.6 Å². The average Bonchev–Trinajstić information content (AvgIpc) is 2.26. The number of rotatable bonds is 6. The zero-order valence-electron chi connectivity index (χ0n) is 9.95. The van der Waals surface area contributed by atoms with Gasteiger partial charge >= 0.3 is 0 Å². The van der Waals surface area contributed by atoms with Crippen molar-refractivity contribution in [1.82, 2.24) is 10.2 Å². The molecule has 0 bridgehead atoms. The second kappa shape index (κ2) is 6.98. The first-order valence-electron chi connectivity index (χ1n) is 5.51. The van der Waals surface area contributed by atoms with Crippen LogP contribution in [0.4, 0.5) is 4.39 Å². The van der Waals surface area contributed by atoms with E-state index < -0.39 is 0 Å². The summed E-state index contributed by atoms with van der Waals surface area (Å²) in [6, 6.07) is 6.36. The van der Waals surface area contributed by atoms with E-state index in [1.54, 1.807) is 6.07 Å².